The van der Waals surface area contributed by atoms with Gasteiger partial charge in [0.1, 0.15) is 0 Å². The highest BCUT2D eigenvalue weighted by Crippen LogP contribution is 2.60. The van der Waals surface area contributed by atoms with Crippen LogP contribution >= 0.6 is 0 Å². The molecule has 4 saturated carbocycles. The van der Waals surface area contributed by atoms with Gasteiger partial charge in [0.25, 0.3) is 5.91 Å². The van der Waals surface area contributed by atoms with Gasteiger partial charge in [-0.25, -0.2) is 4.79 Å². The van der Waals surface area contributed by atoms with Crippen LogP contribution in [0.15, 0.2) is 0 Å². The Morgan fingerprint density at radius 1 is 0.933 bits per heavy atom. The third-order valence-corrected chi connectivity index (χ3v) is 8.25. The molecule has 1 aliphatic heterocycles. The van der Waals surface area contributed by atoms with Crippen LogP contribution in [0.1, 0.15) is 38.5 Å². The molecule has 168 valence electrons. The van der Waals surface area contributed by atoms with E-state index >= 15 is 0 Å². The standard InChI is InChI=1S/C22H35N3O4S/c1-30(2)14-19(26)23-13-20(27)24-3-5-25(6-4-24)21(28)29-15-22-10-16-7-17(11-22)9-18(8-16)12-22/h16-18H,3-15H2,1-2H3/p+1. The van der Waals surface area contributed by atoms with Crippen LogP contribution in [-0.2, 0) is 25.2 Å². The van der Waals surface area contributed by atoms with Crippen molar-refractivity contribution in [1.29, 1.82) is 0 Å². The third kappa shape index (κ3) is 5.06. The SMILES string of the molecule is C[S+](C)CC(=O)NCC(=O)N1CCN(C(=O)OCC23CC4CC(CC(C4)C2)C3)CC1. The van der Waals surface area contributed by atoms with Crippen molar-refractivity contribution < 1.29 is 19.1 Å². The van der Waals surface area contributed by atoms with Crippen LogP contribution in [-0.4, -0.2) is 85.3 Å². The highest BCUT2D eigenvalue weighted by molar-refractivity contribution is 7.96. The van der Waals surface area contributed by atoms with Gasteiger partial charge >= 0.3 is 6.09 Å². The summed E-state index contributed by atoms with van der Waals surface area (Å²) in [7, 11) is 0.0237. The lowest BCUT2D eigenvalue weighted by molar-refractivity contribution is -0.133. The predicted octanol–water partition coefficient (Wildman–Crippen LogP) is 1.48. The Bertz CT molecular complexity index is 640. The average Bonchev–Trinajstić information content (AvgIpc) is 2.69. The molecule has 0 aromatic carbocycles. The Morgan fingerprint density at radius 3 is 2.00 bits per heavy atom. The number of nitrogens with one attached hydrogen (secondary N) is 1. The molecule has 5 fully saturated rings. The zero-order valence-corrected chi connectivity index (χ0v) is 19.2. The van der Waals surface area contributed by atoms with Crippen molar-refractivity contribution in [2.75, 3.05) is 57.6 Å². The largest absolute Gasteiger partial charge is 0.449 e. The highest BCUT2D eigenvalue weighted by atomic mass is 32.2. The molecule has 7 nitrogen and oxygen atoms in total. The first-order valence-corrected chi connectivity index (χ1v) is 13.5. The van der Waals surface area contributed by atoms with Gasteiger partial charge in [0.15, 0.2) is 5.75 Å². The lowest BCUT2D eigenvalue weighted by Crippen LogP contribution is -2.53. The second kappa shape index (κ2) is 8.97. The quantitative estimate of drug-likeness (QED) is 0.637. The fourth-order valence-electron chi connectivity index (χ4n) is 6.51. The lowest BCUT2D eigenvalue weighted by atomic mass is 9.50. The molecule has 4 bridgehead atoms. The van der Waals surface area contributed by atoms with Crippen molar-refractivity contribution in [2.45, 2.75) is 38.5 Å². The highest BCUT2D eigenvalue weighted by Gasteiger charge is 2.51. The number of carbonyl (C=O) groups is 3. The number of nitrogens with zero attached hydrogens (tertiary/aromatic N) is 2. The van der Waals surface area contributed by atoms with Crippen LogP contribution in [0.25, 0.3) is 0 Å². The molecule has 0 spiro atoms. The van der Waals surface area contributed by atoms with E-state index in [0.29, 0.717) is 38.5 Å². The first-order chi connectivity index (χ1) is 14.3. The normalized spacial score (nSPS) is 32.4. The van der Waals surface area contributed by atoms with Gasteiger partial charge in [-0.1, -0.05) is 0 Å². The molecule has 0 unspecified atom stereocenters. The van der Waals surface area contributed by atoms with Crippen molar-refractivity contribution in [3.8, 4) is 0 Å². The molecule has 1 heterocycles. The molecule has 5 aliphatic rings. The van der Waals surface area contributed by atoms with E-state index in [1.165, 1.54) is 38.5 Å². The molecule has 3 amide bonds. The van der Waals surface area contributed by atoms with Gasteiger partial charge in [-0.15, -0.1) is 0 Å². The van der Waals surface area contributed by atoms with E-state index in [2.05, 4.69) is 5.32 Å². The summed E-state index contributed by atoms with van der Waals surface area (Å²) in [5.74, 6) is 2.85. The molecule has 4 aliphatic carbocycles. The average molecular weight is 439 g/mol. The molecule has 5 rings (SSSR count). The minimum absolute atomic E-state index is 0.0237. The molecule has 1 saturated heterocycles. The maximum atomic E-state index is 12.6. The number of hydrogen-bond donors (Lipinski definition) is 1. The first kappa shape index (κ1) is 21.8. The van der Waals surface area contributed by atoms with Crippen molar-refractivity contribution >= 4 is 28.8 Å². The van der Waals surface area contributed by atoms with E-state index in [1.807, 2.05) is 12.5 Å². The molecular weight excluding hydrogens is 402 g/mol. The summed E-state index contributed by atoms with van der Waals surface area (Å²) in [6.07, 6.45) is 11.6. The number of amides is 3. The van der Waals surface area contributed by atoms with Crippen molar-refractivity contribution in [1.82, 2.24) is 15.1 Å². The van der Waals surface area contributed by atoms with Crippen LogP contribution < -0.4 is 5.32 Å². The zero-order chi connectivity index (χ0) is 21.3. The first-order valence-electron chi connectivity index (χ1n) is 11.3. The van der Waals surface area contributed by atoms with Gasteiger partial charge in [-0.05, 0) is 67.2 Å². The molecule has 8 heteroatoms. The molecule has 0 aromatic rings. The minimum atomic E-state index is -0.232. The predicted molar refractivity (Wildman–Crippen MR) is 117 cm³/mol. The van der Waals surface area contributed by atoms with Crippen molar-refractivity contribution in [3.05, 3.63) is 0 Å². The molecular formula is C22H36N3O4S+. The number of ether oxygens (including phenoxy) is 1. The van der Waals surface area contributed by atoms with Crippen molar-refractivity contribution in [3.63, 3.8) is 0 Å². The summed E-state index contributed by atoms with van der Waals surface area (Å²) in [6, 6.07) is 0. The number of hydrogen-bond acceptors (Lipinski definition) is 4. The van der Waals surface area contributed by atoms with E-state index < -0.39 is 0 Å². The summed E-state index contributed by atoms with van der Waals surface area (Å²) in [4.78, 5) is 40.1. The van der Waals surface area contributed by atoms with Crippen LogP contribution in [0.5, 0.6) is 0 Å². The lowest BCUT2D eigenvalue weighted by Gasteiger charge is -2.56. The van der Waals surface area contributed by atoms with Crippen molar-refractivity contribution in [2.24, 2.45) is 23.2 Å². The smallest absolute Gasteiger partial charge is 0.409 e. The second-order valence-electron chi connectivity index (χ2n) is 10.2. The summed E-state index contributed by atoms with van der Waals surface area (Å²) in [6.45, 7) is 2.57. The van der Waals surface area contributed by atoms with Gasteiger partial charge in [0.05, 0.1) is 25.7 Å². The van der Waals surface area contributed by atoms with Gasteiger partial charge in [-0.3, -0.25) is 9.59 Å². The van der Waals surface area contributed by atoms with Crippen LogP contribution in [0.3, 0.4) is 0 Å². The molecule has 30 heavy (non-hydrogen) atoms. The molecule has 0 aromatic heterocycles. The van der Waals surface area contributed by atoms with E-state index in [1.54, 1.807) is 9.80 Å². The molecule has 0 atom stereocenters. The monoisotopic (exact) mass is 438 g/mol. The number of rotatable bonds is 6. The minimum Gasteiger partial charge on any atom is -0.449 e. The maximum absolute atomic E-state index is 12.6. The van der Waals surface area contributed by atoms with E-state index in [0.717, 1.165) is 17.8 Å². The maximum Gasteiger partial charge on any atom is 0.409 e. The Morgan fingerprint density at radius 2 is 1.47 bits per heavy atom. The van der Waals surface area contributed by atoms with Crippen LogP contribution in [0.4, 0.5) is 4.79 Å². The van der Waals surface area contributed by atoms with Gasteiger partial charge < -0.3 is 19.9 Å². The fourth-order valence-corrected chi connectivity index (χ4v) is 7.14. The van der Waals surface area contributed by atoms with E-state index in [4.69, 9.17) is 4.74 Å². The van der Waals surface area contributed by atoms with Gasteiger partial charge in [0.2, 0.25) is 5.91 Å². The summed E-state index contributed by atoms with van der Waals surface area (Å²) < 4.78 is 5.81. The number of carbonyl (C=O) groups excluding carboxylic acids is 3. The Hall–Kier alpha value is -1.44. The fraction of sp³-hybridized carbons (Fsp3) is 0.864. The van der Waals surface area contributed by atoms with Crippen LogP contribution in [0, 0.1) is 23.2 Å². The summed E-state index contributed by atoms with van der Waals surface area (Å²) in [5, 5.41) is 2.70. The van der Waals surface area contributed by atoms with Gasteiger partial charge in [-0.2, -0.15) is 0 Å². The van der Waals surface area contributed by atoms with E-state index in [-0.39, 0.29) is 40.8 Å². The molecule has 0 radical (unpaired) electrons. The van der Waals surface area contributed by atoms with Gasteiger partial charge in [0, 0.05) is 31.6 Å². The Balaban J connectivity index is 1.18. The van der Waals surface area contributed by atoms with E-state index in [9.17, 15) is 14.4 Å². The molecule has 1 N–H and O–H groups in total. The topological polar surface area (TPSA) is 79.0 Å². The summed E-state index contributed by atoms with van der Waals surface area (Å²) >= 11 is 0. The zero-order valence-electron chi connectivity index (χ0n) is 18.4. The Kier molecular flexibility index (Phi) is 6.51. The Labute approximate surface area is 182 Å². The third-order valence-electron chi connectivity index (χ3n) is 7.41. The number of piperazine rings is 1. The summed E-state index contributed by atoms with van der Waals surface area (Å²) in [5.41, 5.74) is 0.233. The second-order valence-corrected chi connectivity index (χ2v) is 12.5. The van der Waals surface area contributed by atoms with Crippen LogP contribution in [0.2, 0.25) is 0 Å².